The van der Waals surface area contributed by atoms with E-state index in [9.17, 15) is 13.2 Å². The van der Waals surface area contributed by atoms with Crippen LogP contribution in [-0.2, 0) is 6.42 Å². The number of thiophene rings is 1. The second kappa shape index (κ2) is 9.43. The molecule has 0 atom stereocenters. The van der Waals surface area contributed by atoms with Gasteiger partial charge in [0.25, 0.3) is 0 Å². The molecule has 0 fully saturated rings. The minimum Gasteiger partial charge on any atom is -0.395 e. The number of nitrogens with two attached hydrogens (primary N) is 1. The number of benzene rings is 1. The Hall–Kier alpha value is -2.67. The van der Waals surface area contributed by atoms with Gasteiger partial charge in [-0.05, 0) is 42.0 Å². The van der Waals surface area contributed by atoms with Crippen LogP contribution in [0.3, 0.4) is 0 Å². The molecule has 0 aliphatic rings. The van der Waals surface area contributed by atoms with Crippen LogP contribution in [0.15, 0.2) is 54.4 Å². The highest BCUT2D eigenvalue weighted by Crippen LogP contribution is 2.39. The van der Waals surface area contributed by atoms with Gasteiger partial charge < -0.3 is 5.73 Å². The largest absolute Gasteiger partial charge is 0.430 e. The molecule has 3 N–H and O–H groups in total. The first-order valence-corrected chi connectivity index (χ1v) is 10.7. The van der Waals surface area contributed by atoms with Crippen LogP contribution in [0.25, 0.3) is 21.2 Å². The molecule has 0 saturated heterocycles. The maximum absolute atomic E-state index is 12.7. The molecule has 1 aromatic carbocycles. The van der Waals surface area contributed by atoms with Gasteiger partial charge in [0, 0.05) is 21.3 Å². The Kier molecular flexibility index (Phi) is 6.92. The molecule has 30 heavy (non-hydrogen) atoms. The fourth-order valence-corrected chi connectivity index (χ4v) is 4.61. The lowest BCUT2D eigenvalue weighted by Crippen LogP contribution is -2.20. The third-order valence-corrected chi connectivity index (χ3v) is 6.21. The van der Waals surface area contributed by atoms with Gasteiger partial charge in [-0.25, -0.2) is 0 Å². The Morgan fingerprint density at radius 1 is 1.13 bits per heavy atom. The van der Waals surface area contributed by atoms with E-state index in [2.05, 4.69) is 24.0 Å². The summed E-state index contributed by atoms with van der Waals surface area (Å²) in [6, 6.07) is 11.7. The molecule has 3 nitrogen and oxygen atoms in total. The summed E-state index contributed by atoms with van der Waals surface area (Å²) in [6.45, 7) is 2.19. The van der Waals surface area contributed by atoms with Crippen LogP contribution in [0.5, 0.6) is 0 Å². The molecule has 0 spiro atoms. The van der Waals surface area contributed by atoms with Crippen molar-refractivity contribution in [2.45, 2.75) is 45.2 Å². The van der Waals surface area contributed by atoms with Crippen LogP contribution in [0.1, 0.15) is 43.2 Å². The van der Waals surface area contributed by atoms with Crippen LogP contribution in [0, 0.1) is 5.41 Å². The number of aryl methyl sites for hydroxylation is 1. The maximum Gasteiger partial charge on any atom is 0.430 e. The van der Waals surface area contributed by atoms with E-state index in [1.165, 1.54) is 35.7 Å². The van der Waals surface area contributed by atoms with E-state index in [0.717, 1.165) is 28.7 Å². The Bertz CT molecular complexity index is 1070. The molecule has 158 valence electrons. The van der Waals surface area contributed by atoms with Gasteiger partial charge >= 0.3 is 6.18 Å². The molecule has 0 saturated carbocycles. The summed E-state index contributed by atoms with van der Waals surface area (Å²) in [5, 5.41) is 10.3. The van der Waals surface area contributed by atoms with Crippen molar-refractivity contribution < 1.29 is 13.2 Å². The fraction of sp³-hybridized carbons (Fsp3) is 0.304. The third kappa shape index (κ3) is 5.08. The second-order valence-electron chi connectivity index (χ2n) is 7.15. The molecule has 0 aliphatic carbocycles. The molecule has 3 aromatic rings. The van der Waals surface area contributed by atoms with Crippen molar-refractivity contribution in [2.75, 3.05) is 0 Å². The average molecular weight is 432 g/mol. The van der Waals surface area contributed by atoms with Crippen molar-refractivity contribution >= 4 is 27.8 Å². The van der Waals surface area contributed by atoms with Crippen molar-refractivity contribution in [3.05, 3.63) is 64.9 Å². The van der Waals surface area contributed by atoms with Gasteiger partial charge in [-0.15, -0.1) is 11.3 Å². The number of pyridine rings is 1. The number of rotatable bonds is 8. The van der Waals surface area contributed by atoms with E-state index >= 15 is 0 Å². The summed E-state index contributed by atoms with van der Waals surface area (Å²) in [5.41, 5.74) is 4.37. The molecule has 0 aliphatic heterocycles. The van der Waals surface area contributed by atoms with Crippen LogP contribution in [0.4, 0.5) is 13.2 Å². The number of allylic oxidation sites excluding steroid dienone is 2. The molecule has 2 aromatic heterocycles. The molecule has 7 heteroatoms. The van der Waals surface area contributed by atoms with Crippen LogP contribution in [0.2, 0.25) is 0 Å². The SMILES string of the molecule is CCCCCCc1sc(-c2ccnc(C(=N)C=C(N)C(F)(F)F)c2)c2ccccc12. The Labute approximate surface area is 178 Å². The molecule has 0 bridgehead atoms. The van der Waals surface area contributed by atoms with Crippen LogP contribution in [-0.4, -0.2) is 16.9 Å². The van der Waals surface area contributed by atoms with Crippen molar-refractivity contribution in [3.8, 4) is 10.4 Å². The number of alkyl halides is 3. The highest BCUT2D eigenvalue weighted by molar-refractivity contribution is 7.17. The standard InChI is InChI=1S/C23H24F3N3S/c1-2-3-4-5-10-20-16-8-6-7-9-17(16)22(30-20)15-11-12-29-19(13-15)18(27)14-21(28)23(24,25)26/h6-9,11-14,27H,2-5,10,28H2,1H3. The summed E-state index contributed by atoms with van der Waals surface area (Å²) < 4.78 is 38.1. The maximum atomic E-state index is 12.7. The molecule has 0 radical (unpaired) electrons. The minimum absolute atomic E-state index is 0.154. The normalized spacial score (nSPS) is 12.5. The lowest BCUT2D eigenvalue weighted by molar-refractivity contribution is -0.0925. The Morgan fingerprint density at radius 2 is 1.87 bits per heavy atom. The summed E-state index contributed by atoms with van der Waals surface area (Å²) in [6.07, 6.45) is 3.21. The van der Waals surface area contributed by atoms with E-state index in [-0.39, 0.29) is 11.4 Å². The molecular weight excluding hydrogens is 407 g/mol. The number of hydrogen-bond acceptors (Lipinski definition) is 4. The third-order valence-electron chi connectivity index (χ3n) is 4.88. The number of nitrogens with one attached hydrogen (secondary N) is 1. The molecule has 0 amide bonds. The monoisotopic (exact) mass is 431 g/mol. The first-order chi connectivity index (χ1) is 14.3. The number of fused-ring (bicyclic) bond motifs is 1. The van der Waals surface area contributed by atoms with Crippen LogP contribution < -0.4 is 5.73 Å². The highest BCUT2D eigenvalue weighted by atomic mass is 32.1. The van der Waals surface area contributed by atoms with E-state index < -0.39 is 11.9 Å². The zero-order valence-corrected chi connectivity index (χ0v) is 17.5. The highest BCUT2D eigenvalue weighted by Gasteiger charge is 2.31. The average Bonchev–Trinajstić information content (AvgIpc) is 3.09. The van der Waals surface area contributed by atoms with Gasteiger partial charge in [-0.3, -0.25) is 10.4 Å². The van der Waals surface area contributed by atoms with Gasteiger partial charge in [0.05, 0.1) is 11.4 Å². The first kappa shape index (κ1) is 22.0. The van der Waals surface area contributed by atoms with Gasteiger partial charge in [0.1, 0.15) is 5.70 Å². The predicted octanol–water partition coefficient (Wildman–Crippen LogP) is 6.86. The summed E-state index contributed by atoms with van der Waals surface area (Å²) in [4.78, 5) is 6.42. The van der Waals surface area contributed by atoms with Crippen molar-refractivity contribution in [1.29, 1.82) is 5.41 Å². The minimum atomic E-state index is -4.67. The topological polar surface area (TPSA) is 62.8 Å². The van der Waals surface area contributed by atoms with E-state index in [4.69, 9.17) is 11.1 Å². The van der Waals surface area contributed by atoms with E-state index in [0.29, 0.717) is 6.08 Å². The molecular formula is C23H24F3N3S. The van der Waals surface area contributed by atoms with Crippen LogP contribution >= 0.6 is 11.3 Å². The number of aromatic nitrogens is 1. The first-order valence-electron chi connectivity index (χ1n) is 9.91. The predicted molar refractivity (Wildman–Crippen MR) is 118 cm³/mol. The van der Waals surface area contributed by atoms with Crippen molar-refractivity contribution in [2.24, 2.45) is 5.73 Å². The summed E-state index contributed by atoms with van der Waals surface area (Å²) in [5.74, 6) is 0. The molecule has 3 rings (SSSR count). The number of hydrogen-bond donors (Lipinski definition) is 2. The number of unbranched alkanes of at least 4 members (excludes halogenated alkanes) is 3. The molecule has 0 unspecified atom stereocenters. The second-order valence-corrected chi connectivity index (χ2v) is 8.26. The lowest BCUT2D eigenvalue weighted by Gasteiger charge is -2.07. The van der Waals surface area contributed by atoms with Gasteiger partial charge in [0.15, 0.2) is 0 Å². The smallest absolute Gasteiger partial charge is 0.395 e. The molecule has 2 heterocycles. The van der Waals surface area contributed by atoms with Crippen molar-refractivity contribution in [1.82, 2.24) is 4.98 Å². The Balaban J connectivity index is 1.95. The number of halogens is 3. The zero-order valence-electron chi connectivity index (χ0n) is 16.7. The summed E-state index contributed by atoms with van der Waals surface area (Å²) >= 11 is 1.70. The van der Waals surface area contributed by atoms with E-state index in [1.807, 2.05) is 18.2 Å². The quantitative estimate of drug-likeness (QED) is 0.302. The van der Waals surface area contributed by atoms with Crippen molar-refractivity contribution in [3.63, 3.8) is 0 Å². The Morgan fingerprint density at radius 3 is 2.57 bits per heavy atom. The number of nitrogens with zero attached hydrogens (tertiary/aromatic N) is 1. The zero-order chi connectivity index (χ0) is 21.7. The lowest BCUT2D eigenvalue weighted by atomic mass is 10.0. The van der Waals surface area contributed by atoms with Gasteiger partial charge in [0.2, 0.25) is 0 Å². The van der Waals surface area contributed by atoms with Gasteiger partial charge in [-0.2, -0.15) is 13.2 Å². The van der Waals surface area contributed by atoms with E-state index in [1.54, 1.807) is 17.4 Å². The van der Waals surface area contributed by atoms with Gasteiger partial charge in [-0.1, -0.05) is 50.5 Å². The summed E-state index contributed by atoms with van der Waals surface area (Å²) in [7, 11) is 0. The fourth-order valence-electron chi connectivity index (χ4n) is 3.30.